The molecule has 0 fully saturated rings. The third-order valence-corrected chi connectivity index (χ3v) is 4.58. The number of nitrogens with one attached hydrogen (secondary N) is 2. The molecule has 2 aromatic carbocycles. The van der Waals surface area contributed by atoms with E-state index in [1.165, 1.54) is 0 Å². The Morgan fingerprint density at radius 2 is 1.96 bits per heavy atom. The minimum atomic E-state index is 0.221. The number of rotatable bonds is 2. The maximum atomic E-state index is 6.19. The van der Waals surface area contributed by atoms with Gasteiger partial charge in [0.25, 0.3) is 5.78 Å². The van der Waals surface area contributed by atoms with Crippen LogP contribution in [-0.4, -0.2) is 26.4 Å². The van der Waals surface area contributed by atoms with Gasteiger partial charge in [-0.25, -0.2) is 9.50 Å². The fourth-order valence-corrected chi connectivity index (χ4v) is 3.00. The summed E-state index contributed by atoms with van der Waals surface area (Å²) >= 11 is 12.2. The van der Waals surface area contributed by atoms with Crippen LogP contribution in [0.3, 0.4) is 0 Å². The summed E-state index contributed by atoms with van der Waals surface area (Å²) in [7, 11) is 0. The first-order chi connectivity index (χ1) is 11.7. The van der Waals surface area contributed by atoms with E-state index >= 15 is 0 Å². The molecule has 0 atom stereocenters. The Morgan fingerprint density at radius 3 is 2.83 bits per heavy atom. The van der Waals surface area contributed by atoms with Crippen LogP contribution in [0.25, 0.3) is 16.8 Å². The maximum Gasteiger partial charge on any atom is 0.253 e. The highest BCUT2D eigenvalue weighted by Gasteiger charge is 2.18. The van der Waals surface area contributed by atoms with E-state index in [9.17, 15) is 0 Å². The van der Waals surface area contributed by atoms with Gasteiger partial charge in [-0.05, 0) is 12.1 Å². The second-order valence-corrected chi connectivity index (χ2v) is 6.03. The highest BCUT2D eigenvalue weighted by atomic mass is 35.5. The van der Waals surface area contributed by atoms with E-state index in [2.05, 4.69) is 20.4 Å². The number of aromatic nitrogens is 4. The SMILES string of the molecule is Clc1cccc(Nc2nc3nc4cc5c(cc4n3[nH]2)OCO5)c1Cl. The summed E-state index contributed by atoms with van der Waals surface area (Å²) in [6.45, 7) is 0.221. The molecule has 0 saturated heterocycles. The minimum absolute atomic E-state index is 0.221. The molecule has 2 N–H and O–H groups in total. The van der Waals surface area contributed by atoms with Gasteiger partial charge in [0, 0.05) is 12.1 Å². The third kappa shape index (κ3) is 1.98. The standard InChI is InChI=1S/C15H9Cl2N5O2/c16-7-2-1-3-8(13(7)17)18-14-20-15-19-9-4-11-12(24-6-23-11)5-10(9)22(15)21-14/h1-5H,6H2,(H2,18,19,20,21). The van der Waals surface area contributed by atoms with Gasteiger partial charge in [0.1, 0.15) is 0 Å². The summed E-state index contributed by atoms with van der Waals surface area (Å²) in [6, 6.07) is 9.05. The van der Waals surface area contributed by atoms with E-state index in [1.54, 1.807) is 16.6 Å². The van der Waals surface area contributed by atoms with E-state index in [0.717, 1.165) is 11.0 Å². The molecule has 120 valence electrons. The predicted molar refractivity (Wildman–Crippen MR) is 90.7 cm³/mol. The van der Waals surface area contributed by atoms with Gasteiger partial charge < -0.3 is 14.8 Å². The van der Waals surface area contributed by atoms with Crippen LogP contribution < -0.4 is 14.8 Å². The van der Waals surface area contributed by atoms with E-state index in [0.29, 0.717) is 39.0 Å². The van der Waals surface area contributed by atoms with Gasteiger partial charge in [-0.1, -0.05) is 29.3 Å². The number of fused-ring (bicyclic) bond motifs is 4. The van der Waals surface area contributed by atoms with E-state index in [-0.39, 0.29) is 6.79 Å². The second-order valence-electron chi connectivity index (χ2n) is 5.24. The molecule has 0 unspecified atom stereocenters. The fourth-order valence-electron chi connectivity index (χ4n) is 2.65. The van der Waals surface area contributed by atoms with Crippen molar-refractivity contribution in [3.05, 3.63) is 40.4 Å². The van der Waals surface area contributed by atoms with Crippen LogP contribution in [0.5, 0.6) is 11.5 Å². The molecular formula is C15H9Cl2N5O2. The van der Waals surface area contributed by atoms with Crippen LogP contribution in [0.4, 0.5) is 11.6 Å². The molecular weight excluding hydrogens is 353 g/mol. The topological polar surface area (TPSA) is 76.5 Å². The van der Waals surface area contributed by atoms with Crippen LogP contribution in [0.15, 0.2) is 30.3 Å². The zero-order chi connectivity index (χ0) is 16.3. The van der Waals surface area contributed by atoms with Crippen molar-refractivity contribution >= 4 is 51.6 Å². The number of ether oxygens (including phenoxy) is 2. The van der Waals surface area contributed by atoms with Crippen molar-refractivity contribution in [1.82, 2.24) is 19.6 Å². The highest BCUT2D eigenvalue weighted by molar-refractivity contribution is 6.43. The molecule has 0 amide bonds. The summed E-state index contributed by atoms with van der Waals surface area (Å²) in [5, 5.41) is 7.15. The number of nitrogens with zero attached hydrogens (tertiary/aromatic N) is 3. The average Bonchev–Trinajstić information content (AvgIpc) is 3.23. The summed E-state index contributed by atoms with van der Waals surface area (Å²) in [6.07, 6.45) is 0. The lowest BCUT2D eigenvalue weighted by atomic mass is 10.3. The quantitative estimate of drug-likeness (QED) is 0.564. The number of hydrogen-bond donors (Lipinski definition) is 2. The van der Waals surface area contributed by atoms with E-state index in [1.807, 2.05) is 18.2 Å². The highest BCUT2D eigenvalue weighted by Crippen LogP contribution is 2.36. The second kappa shape index (κ2) is 4.93. The molecule has 2 aromatic heterocycles. The molecule has 9 heteroatoms. The Kier molecular flexibility index (Phi) is 2.83. The summed E-state index contributed by atoms with van der Waals surface area (Å²) in [5.41, 5.74) is 2.26. The van der Waals surface area contributed by atoms with Gasteiger partial charge in [-0.3, -0.25) is 5.10 Å². The molecule has 0 aliphatic carbocycles. The first-order valence-electron chi connectivity index (χ1n) is 7.08. The number of H-pyrrole nitrogens is 1. The lowest BCUT2D eigenvalue weighted by Crippen LogP contribution is -1.94. The van der Waals surface area contributed by atoms with Crippen LogP contribution in [-0.2, 0) is 0 Å². The van der Waals surface area contributed by atoms with Gasteiger partial charge >= 0.3 is 0 Å². The number of aromatic amines is 1. The zero-order valence-corrected chi connectivity index (χ0v) is 13.5. The van der Waals surface area contributed by atoms with Crippen molar-refractivity contribution in [2.75, 3.05) is 12.1 Å². The average molecular weight is 362 g/mol. The van der Waals surface area contributed by atoms with Gasteiger partial charge in [0.15, 0.2) is 11.5 Å². The molecule has 0 radical (unpaired) electrons. The largest absolute Gasteiger partial charge is 0.454 e. The van der Waals surface area contributed by atoms with Crippen LogP contribution in [0.2, 0.25) is 10.0 Å². The van der Waals surface area contributed by atoms with Gasteiger partial charge in [0.2, 0.25) is 12.7 Å². The normalized spacial score (nSPS) is 13.1. The van der Waals surface area contributed by atoms with Crippen molar-refractivity contribution in [1.29, 1.82) is 0 Å². The number of anilines is 2. The first-order valence-corrected chi connectivity index (χ1v) is 7.83. The van der Waals surface area contributed by atoms with E-state index < -0.39 is 0 Å². The summed E-state index contributed by atoms with van der Waals surface area (Å²) < 4.78 is 12.5. The van der Waals surface area contributed by atoms with Crippen molar-refractivity contribution in [3.63, 3.8) is 0 Å². The Balaban J connectivity index is 1.60. The van der Waals surface area contributed by atoms with Gasteiger partial charge in [0.05, 0.1) is 26.8 Å². The molecule has 3 heterocycles. The fraction of sp³-hybridized carbons (Fsp3) is 0.0667. The number of hydrogen-bond acceptors (Lipinski definition) is 5. The lowest BCUT2D eigenvalue weighted by molar-refractivity contribution is 0.174. The third-order valence-electron chi connectivity index (χ3n) is 3.77. The summed E-state index contributed by atoms with van der Waals surface area (Å²) in [5.74, 6) is 2.40. The van der Waals surface area contributed by atoms with Crippen molar-refractivity contribution < 1.29 is 9.47 Å². The Bertz CT molecular complexity index is 1100. The molecule has 24 heavy (non-hydrogen) atoms. The number of imidazole rings is 1. The molecule has 0 bridgehead atoms. The molecule has 7 nitrogen and oxygen atoms in total. The molecule has 4 aromatic rings. The number of halogens is 2. The zero-order valence-electron chi connectivity index (χ0n) is 12.0. The summed E-state index contributed by atoms with van der Waals surface area (Å²) in [4.78, 5) is 8.90. The maximum absolute atomic E-state index is 6.19. The molecule has 1 aliphatic heterocycles. The Morgan fingerprint density at radius 1 is 1.12 bits per heavy atom. The molecule has 0 saturated carbocycles. The number of benzene rings is 2. The van der Waals surface area contributed by atoms with Crippen molar-refractivity contribution in [2.24, 2.45) is 0 Å². The first kappa shape index (κ1) is 13.8. The molecule has 5 rings (SSSR count). The Hall–Kier alpha value is -2.64. The molecule has 0 spiro atoms. The van der Waals surface area contributed by atoms with Gasteiger partial charge in [-0.15, -0.1) is 0 Å². The smallest absolute Gasteiger partial charge is 0.253 e. The van der Waals surface area contributed by atoms with Crippen molar-refractivity contribution in [3.8, 4) is 11.5 Å². The van der Waals surface area contributed by atoms with Crippen LogP contribution in [0, 0.1) is 0 Å². The predicted octanol–water partition coefficient (Wildman–Crippen LogP) is 3.99. The lowest BCUT2D eigenvalue weighted by Gasteiger charge is -2.05. The van der Waals surface area contributed by atoms with Crippen LogP contribution >= 0.6 is 23.2 Å². The van der Waals surface area contributed by atoms with Crippen LogP contribution in [0.1, 0.15) is 0 Å². The monoisotopic (exact) mass is 361 g/mol. The minimum Gasteiger partial charge on any atom is -0.454 e. The molecule has 1 aliphatic rings. The van der Waals surface area contributed by atoms with E-state index in [4.69, 9.17) is 32.7 Å². The van der Waals surface area contributed by atoms with Gasteiger partial charge in [-0.2, -0.15) is 4.98 Å². The Labute approximate surface area is 145 Å². The van der Waals surface area contributed by atoms with Crippen molar-refractivity contribution in [2.45, 2.75) is 0 Å².